The number of hydrogen-bond acceptors (Lipinski definition) is 16. The number of imidazole rings is 4. The quantitative estimate of drug-likeness (QED) is 0.0923. The van der Waals surface area contributed by atoms with E-state index in [1.54, 1.807) is 36.9 Å². The lowest BCUT2D eigenvalue weighted by molar-refractivity contribution is 0.356. The molecule has 3 N–H and O–H groups in total. The first kappa shape index (κ1) is 58.3. The third kappa shape index (κ3) is 11.2. The van der Waals surface area contributed by atoms with Crippen LogP contribution in [0.1, 0.15) is 112 Å². The van der Waals surface area contributed by atoms with Crippen LogP contribution in [0.3, 0.4) is 0 Å². The van der Waals surface area contributed by atoms with E-state index in [4.69, 9.17) is 29.2 Å². The molecule has 21 nitrogen and oxygen atoms in total. The third-order valence-electron chi connectivity index (χ3n) is 17.0. The van der Waals surface area contributed by atoms with Crippen LogP contribution in [0.5, 0.6) is 17.2 Å². The van der Waals surface area contributed by atoms with Gasteiger partial charge in [0, 0.05) is 161 Å². The molecule has 0 amide bonds. The maximum atomic E-state index is 14.5. The Hall–Kier alpha value is -10.4. The first-order chi connectivity index (χ1) is 44.1. The van der Waals surface area contributed by atoms with E-state index in [2.05, 4.69) is 71.7 Å². The first-order valence-electron chi connectivity index (χ1n) is 30.6. The highest BCUT2D eigenvalue weighted by atomic mass is 19.1. The number of ether oxygens (including phenoxy) is 3. The predicted molar refractivity (Wildman–Crippen MR) is 338 cm³/mol. The highest BCUT2D eigenvalue weighted by molar-refractivity contribution is 5.80. The van der Waals surface area contributed by atoms with Crippen molar-refractivity contribution in [2.75, 3.05) is 35.8 Å². The molecule has 0 unspecified atom stereocenters. The van der Waals surface area contributed by atoms with Crippen molar-refractivity contribution in [2.24, 2.45) is 0 Å². The van der Waals surface area contributed by atoms with E-state index in [0.717, 1.165) is 132 Å². The second-order valence-electron chi connectivity index (χ2n) is 23.7. The van der Waals surface area contributed by atoms with Crippen LogP contribution in [0.4, 0.5) is 31.0 Å². The molecule has 12 aromatic rings. The van der Waals surface area contributed by atoms with Gasteiger partial charge in [-0.1, -0.05) is 0 Å². The fourth-order valence-corrected chi connectivity index (χ4v) is 12.3. The average Bonchev–Trinajstić information content (AvgIpc) is 1.74. The maximum Gasteiger partial charge on any atom is 0.209 e. The van der Waals surface area contributed by atoms with Crippen molar-refractivity contribution < 1.29 is 27.4 Å². The fraction of sp³-hybridized carbons (Fsp3) is 0.313. The summed E-state index contributed by atoms with van der Waals surface area (Å²) < 4.78 is 69.8. The molecule has 16 rings (SSSR count). The summed E-state index contributed by atoms with van der Waals surface area (Å²) in [5, 5.41) is 14.4. The Balaban J connectivity index is 0.000000119. The number of benzene rings is 3. The molecule has 1 aliphatic carbocycles. The number of fused-ring (bicyclic) bond motifs is 6. The summed E-state index contributed by atoms with van der Waals surface area (Å²) in [6.07, 6.45) is 23.0. The van der Waals surface area contributed by atoms with Crippen molar-refractivity contribution in [1.82, 2.24) is 72.4 Å². The van der Waals surface area contributed by atoms with Crippen LogP contribution in [0.15, 0.2) is 98.5 Å². The second-order valence-corrected chi connectivity index (χ2v) is 23.7. The number of halogens is 3. The lowest BCUT2D eigenvalue weighted by Gasteiger charge is -2.13. The van der Waals surface area contributed by atoms with Gasteiger partial charge in [-0.3, -0.25) is 17.9 Å². The minimum absolute atomic E-state index is 0.233. The van der Waals surface area contributed by atoms with Crippen LogP contribution < -0.4 is 30.2 Å². The number of anilines is 3. The standard InChI is InChI=1S/C24H23FN6O.C23H25FN6O.C20H19FN6O/c1-13-12-31-23(29-13)19(17-9-26-22(15-3-4-15)30-14(17)2)11-28-24(31)27-10-18-16-7-8-32-21(16)6-5-20(18)25;1-13(2)30-15(4)17(11-27-30)19-10-26-23(29-12-14(3)28-22(19)29)25-9-18-16-7-8-31-21(16)6-5-20(18)24;1-12-9-26(11-24-12)17-8-23-20(27-10-13(2)25-19(17)27)22-7-15-14-5-6-28-18(14)4-3-16(15)21/h5-6,9,11-12,15H,3-4,7-8,10H2,1-2H3,(H,27,28);5-6,10-13H,7-9H2,1-4H3,(H,25,26);3-4,8-11H,5-7H2,1-2H3,(H,22,23). The van der Waals surface area contributed by atoms with Gasteiger partial charge in [0.15, 0.2) is 5.65 Å². The van der Waals surface area contributed by atoms with E-state index in [-0.39, 0.29) is 23.5 Å². The highest BCUT2D eigenvalue weighted by Gasteiger charge is 2.28. The molecular formula is C67H67F3N18O3. The molecule has 0 radical (unpaired) electrons. The van der Waals surface area contributed by atoms with Crippen molar-refractivity contribution in [2.45, 2.75) is 119 Å². The van der Waals surface area contributed by atoms with Crippen molar-refractivity contribution in [1.29, 1.82) is 0 Å². The molecule has 3 aromatic carbocycles. The van der Waals surface area contributed by atoms with Gasteiger partial charge >= 0.3 is 0 Å². The number of aromatic nitrogens is 15. The molecule has 1 saturated carbocycles. The zero-order valence-corrected chi connectivity index (χ0v) is 51.7. The monoisotopic (exact) mass is 1230 g/mol. The smallest absolute Gasteiger partial charge is 0.209 e. The normalized spacial score (nSPS) is 13.8. The van der Waals surface area contributed by atoms with Gasteiger partial charge in [-0.25, -0.2) is 58.0 Å². The first-order valence-corrected chi connectivity index (χ1v) is 30.6. The molecule has 9 aromatic heterocycles. The molecule has 24 heteroatoms. The molecule has 0 saturated heterocycles. The zero-order chi connectivity index (χ0) is 62.8. The van der Waals surface area contributed by atoms with Gasteiger partial charge in [-0.2, -0.15) is 5.10 Å². The summed E-state index contributed by atoms with van der Waals surface area (Å²) in [5.74, 6) is 4.84. The van der Waals surface area contributed by atoms with Gasteiger partial charge in [-0.15, -0.1) is 0 Å². The molecule has 12 heterocycles. The van der Waals surface area contributed by atoms with E-state index < -0.39 is 0 Å². The molecule has 3 aliphatic heterocycles. The Kier molecular flexibility index (Phi) is 15.3. The van der Waals surface area contributed by atoms with Crippen LogP contribution in [-0.2, 0) is 38.9 Å². The third-order valence-corrected chi connectivity index (χ3v) is 17.0. The Bertz CT molecular complexity index is 4790. The second kappa shape index (κ2) is 23.9. The Labute approximate surface area is 521 Å². The summed E-state index contributed by atoms with van der Waals surface area (Å²) in [5.41, 5.74) is 17.1. The van der Waals surface area contributed by atoms with E-state index in [1.165, 1.54) is 31.0 Å². The topological polar surface area (TPSA) is 216 Å². The summed E-state index contributed by atoms with van der Waals surface area (Å²) in [6.45, 7) is 18.8. The van der Waals surface area contributed by atoms with E-state index in [0.29, 0.717) is 86.3 Å². The molecular weight excluding hydrogens is 1160 g/mol. The zero-order valence-electron chi connectivity index (χ0n) is 51.7. The summed E-state index contributed by atoms with van der Waals surface area (Å²) in [4.78, 5) is 41.5. The van der Waals surface area contributed by atoms with Crippen LogP contribution in [0.2, 0.25) is 0 Å². The van der Waals surface area contributed by atoms with E-state index in [1.807, 2.05) is 100 Å². The minimum Gasteiger partial charge on any atom is -0.493 e. The van der Waals surface area contributed by atoms with Gasteiger partial charge < -0.3 is 34.7 Å². The molecule has 0 spiro atoms. The van der Waals surface area contributed by atoms with E-state index >= 15 is 0 Å². The van der Waals surface area contributed by atoms with Crippen molar-refractivity contribution in [3.63, 3.8) is 0 Å². The van der Waals surface area contributed by atoms with Crippen LogP contribution in [0.25, 0.3) is 44.9 Å². The molecule has 91 heavy (non-hydrogen) atoms. The Morgan fingerprint density at radius 2 is 0.945 bits per heavy atom. The largest absolute Gasteiger partial charge is 0.493 e. The number of hydrogen-bond donors (Lipinski definition) is 3. The summed E-state index contributed by atoms with van der Waals surface area (Å²) in [6, 6.07) is 9.74. The van der Waals surface area contributed by atoms with Crippen LogP contribution in [-0.4, -0.2) is 92.2 Å². The van der Waals surface area contributed by atoms with Gasteiger partial charge in [0.25, 0.3) is 0 Å². The Morgan fingerprint density at radius 3 is 1.38 bits per heavy atom. The van der Waals surface area contributed by atoms with Gasteiger partial charge in [0.1, 0.15) is 57.5 Å². The molecule has 464 valence electrons. The van der Waals surface area contributed by atoms with Gasteiger partial charge in [0.2, 0.25) is 17.8 Å². The summed E-state index contributed by atoms with van der Waals surface area (Å²) in [7, 11) is 0. The fourth-order valence-electron chi connectivity index (χ4n) is 12.3. The minimum atomic E-state index is -0.236. The molecule has 1 fully saturated rings. The maximum absolute atomic E-state index is 14.5. The summed E-state index contributed by atoms with van der Waals surface area (Å²) >= 11 is 0. The van der Waals surface area contributed by atoms with E-state index in [9.17, 15) is 13.2 Å². The molecule has 0 atom stereocenters. The average molecular weight is 1230 g/mol. The van der Waals surface area contributed by atoms with Crippen LogP contribution in [0, 0.1) is 59.0 Å². The highest BCUT2D eigenvalue weighted by Crippen LogP contribution is 2.40. The molecule has 4 aliphatic rings. The lowest BCUT2D eigenvalue weighted by Crippen LogP contribution is -2.10. The number of aryl methyl sites for hydroxylation is 5. The SMILES string of the molecule is Cc1cn(-c2cnc(NCc3c(F)ccc4c3CCO4)n3cc(C)nc23)cn1.Cc1cn2c(NCc3c(F)ccc4c3CCO4)ncc(-c3cnc(C4CC4)nc3C)c2n1.Cc1cn2c(NCc3c(F)ccc4c3CCO4)ncc(-c3cnn(C(C)C)c3C)c2n1. The van der Waals surface area contributed by atoms with Crippen molar-refractivity contribution in [3.05, 3.63) is 189 Å². The van der Waals surface area contributed by atoms with Crippen molar-refractivity contribution >= 4 is 34.8 Å². The number of rotatable bonds is 14. The van der Waals surface area contributed by atoms with Crippen LogP contribution >= 0.6 is 0 Å². The number of nitrogens with zero attached hydrogens (tertiary/aromatic N) is 15. The van der Waals surface area contributed by atoms with Gasteiger partial charge in [0.05, 0.1) is 61.3 Å². The lowest BCUT2D eigenvalue weighted by atomic mass is 10.0. The van der Waals surface area contributed by atoms with Crippen molar-refractivity contribution in [3.8, 4) is 45.2 Å². The Morgan fingerprint density at radius 1 is 0.495 bits per heavy atom. The molecule has 0 bridgehead atoms. The van der Waals surface area contributed by atoms with Gasteiger partial charge in [-0.05, 0) is 105 Å². The predicted octanol–water partition coefficient (Wildman–Crippen LogP) is 12.1. The number of nitrogens with one attached hydrogen (secondary N) is 3.